The van der Waals surface area contributed by atoms with E-state index < -0.39 is 29.6 Å². The molecule has 2 N–H and O–H groups in total. The molecule has 0 radical (unpaired) electrons. The van der Waals surface area contributed by atoms with Crippen LogP contribution in [0.1, 0.15) is 44.4 Å². The summed E-state index contributed by atoms with van der Waals surface area (Å²) < 4.78 is 10.6. The van der Waals surface area contributed by atoms with Crippen LogP contribution in [-0.2, 0) is 14.3 Å². The van der Waals surface area contributed by atoms with Crippen molar-refractivity contribution in [3.05, 3.63) is 24.2 Å². The summed E-state index contributed by atoms with van der Waals surface area (Å²) >= 11 is 0. The number of hydrogen-bond acceptors (Lipinski definition) is 5. The number of amides is 2. The van der Waals surface area contributed by atoms with Crippen LogP contribution in [0.5, 0.6) is 0 Å². The highest BCUT2D eigenvalue weighted by atomic mass is 16.6. The van der Waals surface area contributed by atoms with Crippen molar-refractivity contribution in [2.75, 3.05) is 13.2 Å². The Morgan fingerprint density at radius 1 is 1.48 bits per heavy atom. The molecule has 25 heavy (non-hydrogen) atoms. The van der Waals surface area contributed by atoms with Gasteiger partial charge >= 0.3 is 12.1 Å². The molecule has 0 aliphatic carbocycles. The van der Waals surface area contributed by atoms with E-state index in [4.69, 9.17) is 9.15 Å². The Kier molecular flexibility index (Phi) is 4.69. The van der Waals surface area contributed by atoms with Crippen LogP contribution in [0.25, 0.3) is 0 Å². The van der Waals surface area contributed by atoms with Crippen LogP contribution in [0.15, 0.2) is 22.8 Å². The second-order valence-corrected chi connectivity index (χ2v) is 6.42. The zero-order valence-electron chi connectivity index (χ0n) is 14.1. The number of carbonyl (C=O) groups is 3. The normalized spacial score (nSPS) is 29.3. The van der Waals surface area contributed by atoms with E-state index in [1.165, 1.54) is 11.2 Å². The number of ether oxygens (including phenoxy) is 1. The lowest BCUT2D eigenvalue weighted by Gasteiger charge is -2.37. The van der Waals surface area contributed by atoms with Gasteiger partial charge in [0.1, 0.15) is 17.3 Å². The molecule has 1 aromatic heterocycles. The maximum Gasteiger partial charge on any atom is 0.411 e. The Bertz CT molecular complexity index is 658. The van der Waals surface area contributed by atoms with E-state index in [1.807, 2.05) is 0 Å². The van der Waals surface area contributed by atoms with Gasteiger partial charge in [-0.05, 0) is 44.7 Å². The minimum absolute atomic E-state index is 0.0400. The van der Waals surface area contributed by atoms with Gasteiger partial charge in [0.15, 0.2) is 0 Å². The zero-order chi connectivity index (χ0) is 18.0. The van der Waals surface area contributed by atoms with Crippen LogP contribution >= 0.6 is 0 Å². The van der Waals surface area contributed by atoms with Crippen molar-refractivity contribution < 1.29 is 28.6 Å². The summed E-state index contributed by atoms with van der Waals surface area (Å²) in [6.07, 6.45) is 2.68. The third-order valence-corrected chi connectivity index (χ3v) is 5.02. The van der Waals surface area contributed by atoms with Crippen molar-refractivity contribution in [1.29, 1.82) is 0 Å². The van der Waals surface area contributed by atoms with Crippen LogP contribution < -0.4 is 5.32 Å². The highest BCUT2D eigenvalue weighted by Crippen LogP contribution is 2.50. The topological polar surface area (TPSA) is 109 Å². The number of nitrogens with zero attached hydrogens (tertiary/aromatic N) is 1. The van der Waals surface area contributed by atoms with Gasteiger partial charge in [-0.15, -0.1) is 0 Å². The Balaban J connectivity index is 2.11. The van der Waals surface area contributed by atoms with E-state index in [0.29, 0.717) is 25.1 Å². The first-order chi connectivity index (χ1) is 12.0. The number of carboxylic acids is 1. The lowest BCUT2D eigenvalue weighted by Crippen LogP contribution is -2.57. The van der Waals surface area contributed by atoms with Crippen LogP contribution in [0.4, 0.5) is 4.79 Å². The molecule has 2 saturated heterocycles. The van der Waals surface area contributed by atoms with Gasteiger partial charge in [0.2, 0.25) is 5.91 Å². The van der Waals surface area contributed by atoms with Crippen LogP contribution in [0.2, 0.25) is 0 Å². The Hall–Kier alpha value is -2.51. The highest BCUT2D eigenvalue weighted by Gasteiger charge is 2.61. The Morgan fingerprint density at radius 3 is 2.92 bits per heavy atom. The molecule has 8 heteroatoms. The van der Waals surface area contributed by atoms with Gasteiger partial charge in [-0.3, -0.25) is 14.5 Å². The first kappa shape index (κ1) is 17.3. The fourth-order valence-corrected chi connectivity index (χ4v) is 3.96. The van der Waals surface area contributed by atoms with Crippen molar-refractivity contribution in [1.82, 2.24) is 10.2 Å². The van der Waals surface area contributed by atoms with Crippen LogP contribution in [0.3, 0.4) is 0 Å². The van der Waals surface area contributed by atoms with Gasteiger partial charge in [0, 0.05) is 6.54 Å². The van der Waals surface area contributed by atoms with Gasteiger partial charge in [0.05, 0.1) is 18.8 Å². The third-order valence-electron chi connectivity index (χ3n) is 5.02. The van der Waals surface area contributed by atoms with Gasteiger partial charge in [0.25, 0.3) is 0 Å². The molecule has 136 valence electrons. The van der Waals surface area contributed by atoms with E-state index in [0.717, 1.165) is 6.42 Å². The van der Waals surface area contributed by atoms with Crippen molar-refractivity contribution >= 4 is 18.0 Å². The SMILES string of the molecule is CCOC(=O)N1[C@@H](c2ccco2)[C@@H](C(=O)O)C[C@]12CCCCNC2=O. The molecule has 8 nitrogen and oxygen atoms in total. The lowest BCUT2D eigenvalue weighted by molar-refractivity contribution is -0.142. The summed E-state index contributed by atoms with van der Waals surface area (Å²) in [7, 11) is 0. The molecule has 2 aliphatic heterocycles. The van der Waals surface area contributed by atoms with E-state index in [-0.39, 0.29) is 18.9 Å². The number of rotatable bonds is 3. The van der Waals surface area contributed by atoms with Crippen molar-refractivity contribution in [3.63, 3.8) is 0 Å². The maximum atomic E-state index is 12.9. The molecule has 0 saturated carbocycles. The highest BCUT2D eigenvalue weighted by molar-refractivity contribution is 5.92. The maximum absolute atomic E-state index is 12.9. The fourth-order valence-electron chi connectivity index (χ4n) is 3.96. The molecule has 0 unspecified atom stereocenters. The summed E-state index contributed by atoms with van der Waals surface area (Å²) in [5.41, 5.74) is -1.23. The summed E-state index contributed by atoms with van der Waals surface area (Å²) in [6, 6.07) is 2.38. The molecule has 3 rings (SSSR count). The number of carbonyl (C=O) groups excluding carboxylic acids is 2. The molecular weight excluding hydrogens is 328 g/mol. The van der Waals surface area contributed by atoms with Crippen molar-refractivity contribution in [2.45, 2.75) is 44.2 Å². The molecule has 3 atom stereocenters. The molecular formula is C17H22N2O6. The number of hydrogen-bond donors (Lipinski definition) is 2. The van der Waals surface area contributed by atoms with Crippen molar-refractivity contribution in [2.24, 2.45) is 5.92 Å². The average molecular weight is 350 g/mol. The minimum atomic E-state index is -1.23. The van der Waals surface area contributed by atoms with Crippen LogP contribution in [0, 0.1) is 5.92 Å². The van der Waals surface area contributed by atoms with E-state index in [2.05, 4.69) is 5.32 Å². The van der Waals surface area contributed by atoms with Gasteiger partial charge in [-0.1, -0.05) is 0 Å². The zero-order valence-corrected chi connectivity index (χ0v) is 14.1. The van der Waals surface area contributed by atoms with E-state index in [9.17, 15) is 19.5 Å². The quantitative estimate of drug-likeness (QED) is 0.862. The van der Waals surface area contributed by atoms with Crippen molar-refractivity contribution in [3.8, 4) is 0 Å². The number of carboxylic acid groups (broad SMARTS) is 1. The number of likely N-dealkylation sites (tertiary alicyclic amines) is 1. The monoisotopic (exact) mass is 350 g/mol. The minimum Gasteiger partial charge on any atom is -0.481 e. The van der Waals surface area contributed by atoms with E-state index >= 15 is 0 Å². The molecule has 3 heterocycles. The number of furan rings is 1. The summed E-state index contributed by atoms with van der Waals surface area (Å²) in [6.45, 7) is 2.32. The smallest absolute Gasteiger partial charge is 0.411 e. The summed E-state index contributed by atoms with van der Waals surface area (Å²) in [5, 5.41) is 12.5. The average Bonchev–Trinajstić information content (AvgIpc) is 3.16. The van der Waals surface area contributed by atoms with E-state index in [1.54, 1.807) is 19.1 Å². The molecule has 0 bridgehead atoms. The fraction of sp³-hybridized carbons (Fsp3) is 0.588. The van der Waals surface area contributed by atoms with Gasteiger partial charge in [-0.25, -0.2) is 4.79 Å². The molecule has 2 aliphatic rings. The Morgan fingerprint density at radius 2 is 2.28 bits per heavy atom. The molecule has 1 aromatic rings. The summed E-state index contributed by atoms with van der Waals surface area (Å²) in [4.78, 5) is 38.8. The second-order valence-electron chi connectivity index (χ2n) is 6.42. The number of nitrogens with one attached hydrogen (secondary N) is 1. The third kappa shape index (κ3) is 2.85. The molecule has 0 aromatic carbocycles. The lowest BCUT2D eigenvalue weighted by atomic mass is 9.86. The molecule has 2 fully saturated rings. The van der Waals surface area contributed by atoms with Gasteiger partial charge < -0.3 is 19.6 Å². The predicted octanol–water partition coefficient (Wildman–Crippen LogP) is 1.92. The molecule has 1 spiro atoms. The van der Waals surface area contributed by atoms with Gasteiger partial charge in [-0.2, -0.15) is 0 Å². The predicted molar refractivity (Wildman–Crippen MR) is 85.6 cm³/mol. The second kappa shape index (κ2) is 6.78. The standard InChI is InChI=1S/C17H22N2O6/c1-2-24-16(23)19-13(12-6-5-9-25-12)11(14(20)21)10-17(19)7-3-4-8-18-15(17)22/h5-6,9,11,13H,2-4,7-8,10H2,1H3,(H,18,22)(H,20,21)/t11-,13+,17-/m0/s1. The summed E-state index contributed by atoms with van der Waals surface area (Å²) in [5.74, 6) is -1.99. The molecule has 2 amide bonds. The number of aliphatic carboxylic acids is 1. The first-order valence-electron chi connectivity index (χ1n) is 8.52. The largest absolute Gasteiger partial charge is 0.481 e. The van der Waals surface area contributed by atoms with Crippen LogP contribution in [-0.4, -0.2) is 46.7 Å². The Labute approximate surface area is 145 Å². The first-order valence-corrected chi connectivity index (χ1v) is 8.52.